The lowest BCUT2D eigenvalue weighted by Gasteiger charge is -2.21. The van der Waals surface area contributed by atoms with Crippen LogP contribution in [0.3, 0.4) is 0 Å². The van der Waals surface area contributed by atoms with Gasteiger partial charge in [-0.05, 0) is 24.5 Å². The van der Waals surface area contributed by atoms with E-state index >= 15 is 0 Å². The molecule has 1 saturated carbocycles. The maximum atomic E-state index is 11.0. The molecule has 0 radical (unpaired) electrons. The van der Waals surface area contributed by atoms with Crippen LogP contribution in [0.1, 0.15) is 48.9 Å². The zero-order chi connectivity index (χ0) is 13.7. The van der Waals surface area contributed by atoms with Gasteiger partial charge in [-0.2, -0.15) is 0 Å². The van der Waals surface area contributed by atoms with Gasteiger partial charge < -0.3 is 4.74 Å². The maximum absolute atomic E-state index is 11.0. The molecule has 19 heavy (non-hydrogen) atoms. The minimum absolute atomic E-state index is 0.401. The number of hydrogen-bond donors (Lipinski definition) is 0. The quantitative estimate of drug-likeness (QED) is 0.703. The monoisotopic (exact) mass is 300 g/mol. The van der Waals surface area contributed by atoms with E-state index < -0.39 is 0 Å². The van der Waals surface area contributed by atoms with Gasteiger partial charge in [0.15, 0.2) is 6.29 Å². The molecule has 0 heterocycles. The van der Waals surface area contributed by atoms with Crippen molar-refractivity contribution in [1.29, 1.82) is 0 Å². The van der Waals surface area contributed by atoms with Crippen molar-refractivity contribution in [2.24, 2.45) is 5.92 Å². The molecule has 2 rings (SSSR count). The second kappa shape index (κ2) is 7.16. The predicted octanol–water partition coefficient (Wildman–Crippen LogP) is 5.16. The lowest BCUT2D eigenvalue weighted by Crippen LogP contribution is -2.11. The Labute approximate surface area is 124 Å². The molecule has 0 unspecified atom stereocenters. The van der Waals surface area contributed by atoms with Gasteiger partial charge in [0.05, 0.1) is 17.2 Å². The van der Waals surface area contributed by atoms with Crippen LogP contribution in [0.15, 0.2) is 12.1 Å². The molecule has 0 aliphatic heterocycles. The van der Waals surface area contributed by atoms with Crippen LogP contribution in [0.5, 0.6) is 5.75 Å². The van der Waals surface area contributed by atoms with Crippen LogP contribution >= 0.6 is 23.2 Å². The fourth-order valence-corrected chi connectivity index (χ4v) is 3.19. The Morgan fingerprint density at radius 2 is 1.95 bits per heavy atom. The molecule has 0 atom stereocenters. The van der Waals surface area contributed by atoms with Crippen molar-refractivity contribution in [3.05, 3.63) is 27.7 Å². The van der Waals surface area contributed by atoms with Crippen LogP contribution in [-0.2, 0) is 0 Å². The first-order valence-electron chi connectivity index (χ1n) is 6.77. The molecule has 1 fully saturated rings. The third-order valence-electron chi connectivity index (χ3n) is 3.66. The highest BCUT2D eigenvalue weighted by molar-refractivity contribution is 6.36. The van der Waals surface area contributed by atoms with Crippen molar-refractivity contribution in [2.75, 3.05) is 6.61 Å². The summed E-state index contributed by atoms with van der Waals surface area (Å²) in [5, 5.41) is 0.852. The summed E-state index contributed by atoms with van der Waals surface area (Å²) in [7, 11) is 0. The summed E-state index contributed by atoms with van der Waals surface area (Å²) >= 11 is 11.9. The molecule has 0 N–H and O–H groups in total. The number of rotatable bonds is 5. The van der Waals surface area contributed by atoms with Crippen LogP contribution in [0.4, 0.5) is 0 Å². The largest absolute Gasteiger partial charge is 0.491 e. The van der Waals surface area contributed by atoms with Gasteiger partial charge in [-0.3, -0.25) is 4.79 Å². The van der Waals surface area contributed by atoms with Crippen molar-refractivity contribution in [3.8, 4) is 5.75 Å². The van der Waals surface area contributed by atoms with Crippen LogP contribution < -0.4 is 4.74 Å². The third-order valence-corrected chi connectivity index (χ3v) is 4.16. The summed E-state index contributed by atoms with van der Waals surface area (Å²) in [4.78, 5) is 11.0. The van der Waals surface area contributed by atoms with Crippen LogP contribution in [0.2, 0.25) is 10.0 Å². The summed E-state index contributed by atoms with van der Waals surface area (Å²) < 4.78 is 5.69. The number of aldehydes is 1. The van der Waals surface area contributed by atoms with Gasteiger partial charge in [0, 0.05) is 5.02 Å². The van der Waals surface area contributed by atoms with Crippen LogP contribution in [-0.4, -0.2) is 12.9 Å². The normalized spacial score (nSPS) is 16.3. The standard InChI is InChI=1S/C15H18Cl2O2/c16-13-8-12(10-18)15(14(17)9-13)19-7-6-11-4-2-1-3-5-11/h8-11H,1-7H2. The van der Waals surface area contributed by atoms with Gasteiger partial charge >= 0.3 is 0 Å². The van der Waals surface area contributed by atoms with Gasteiger partial charge in [-0.15, -0.1) is 0 Å². The van der Waals surface area contributed by atoms with E-state index in [-0.39, 0.29) is 0 Å². The van der Waals surface area contributed by atoms with E-state index in [0.717, 1.165) is 18.6 Å². The van der Waals surface area contributed by atoms with Gasteiger partial charge in [-0.25, -0.2) is 0 Å². The summed E-state index contributed by atoms with van der Waals surface area (Å²) in [6.07, 6.45) is 8.34. The molecule has 1 aliphatic rings. The Bertz CT molecular complexity index is 440. The van der Waals surface area contributed by atoms with Crippen LogP contribution in [0.25, 0.3) is 0 Å². The first-order chi connectivity index (χ1) is 9.20. The Morgan fingerprint density at radius 1 is 1.21 bits per heavy atom. The second-order valence-electron chi connectivity index (χ2n) is 5.06. The van der Waals surface area contributed by atoms with Crippen molar-refractivity contribution >= 4 is 29.5 Å². The number of carbonyl (C=O) groups excluding carboxylic acids is 1. The zero-order valence-electron chi connectivity index (χ0n) is 10.8. The second-order valence-corrected chi connectivity index (χ2v) is 5.91. The molecule has 1 aliphatic carbocycles. The fraction of sp³-hybridized carbons (Fsp3) is 0.533. The molecule has 2 nitrogen and oxygen atoms in total. The van der Waals surface area contributed by atoms with Crippen molar-refractivity contribution in [3.63, 3.8) is 0 Å². The zero-order valence-corrected chi connectivity index (χ0v) is 12.3. The molecule has 1 aromatic rings. The molecule has 1 aromatic carbocycles. The van der Waals surface area contributed by atoms with E-state index in [9.17, 15) is 4.79 Å². The highest BCUT2D eigenvalue weighted by Crippen LogP contribution is 2.32. The van der Waals surface area contributed by atoms with E-state index in [1.165, 1.54) is 32.1 Å². The number of hydrogen-bond acceptors (Lipinski definition) is 2. The lowest BCUT2D eigenvalue weighted by molar-refractivity contribution is 0.111. The summed E-state index contributed by atoms with van der Waals surface area (Å²) in [6, 6.07) is 3.18. The molecule has 0 saturated heterocycles. The summed E-state index contributed by atoms with van der Waals surface area (Å²) in [6.45, 7) is 0.604. The molecular formula is C15H18Cl2O2. The summed E-state index contributed by atoms with van der Waals surface area (Å²) in [5.41, 5.74) is 0.418. The van der Waals surface area contributed by atoms with E-state index in [1.807, 2.05) is 0 Å². The van der Waals surface area contributed by atoms with Gasteiger partial charge in [0.25, 0.3) is 0 Å². The SMILES string of the molecule is O=Cc1cc(Cl)cc(Cl)c1OCCC1CCCCC1. The average molecular weight is 301 g/mol. The maximum Gasteiger partial charge on any atom is 0.153 e. The Hall–Kier alpha value is -0.730. The van der Waals surface area contributed by atoms with Crippen molar-refractivity contribution in [2.45, 2.75) is 38.5 Å². The minimum Gasteiger partial charge on any atom is -0.491 e. The Kier molecular flexibility index (Phi) is 5.53. The highest BCUT2D eigenvalue weighted by Gasteiger charge is 2.15. The van der Waals surface area contributed by atoms with E-state index in [2.05, 4.69) is 0 Å². The Balaban J connectivity index is 1.93. The highest BCUT2D eigenvalue weighted by atomic mass is 35.5. The van der Waals surface area contributed by atoms with Gasteiger partial charge in [-0.1, -0.05) is 55.3 Å². The van der Waals surface area contributed by atoms with E-state index in [0.29, 0.717) is 28.0 Å². The number of ether oxygens (including phenoxy) is 1. The first-order valence-corrected chi connectivity index (χ1v) is 7.53. The number of benzene rings is 1. The minimum atomic E-state index is 0.401. The molecule has 0 amide bonds. The van der Waals surface area contributed by atoms with Crippen molar-refractivity contribution in [1.82, 2.24) is 0 Å². The molecule has 0 aromatic heterocycles. The summed E-state index contributed by atoms with van der Waals surface area (Å²) in [5.74, 6) is 1.20. The predicted molar refractivity (Wildman–Crippen MR) is 78.5 cm³/mol. The number of halogens is 2. The Morgan fingerprint density at radius 3 is 2.63 bits per heavy atom. The number of carbonyl (C=O) groups is 1. The molecular weight excluding hydrogens is 283 g/mol. The topological polar surface area (TPSA) is 26.3 Å². The van der Waals surface area contributed by atoms with Crippen LogP contribution in [0, 0.1) is 5.92 Å². The first kappa shape index (κ1) is 14.7. The van der Waals surface area contributed by atoms with Gasteiger partial charge in [0.1, 0.15) is 5.75 Å². The van der Waals surface area contributed by atoms with E-state index in [1.54, 1.807) is 12.1 Å². The fourth-order valence-electron chi connectivity index (χ4n) is 2.62. The average Bonchev–Trinajstić information content (AvgIpc) is 2.42. The molecule has 0 bridgehead atoms. The third kappa shape index (κ3) is 4.12. The molecule has 104 valence electrons. The molecule has 0 spiro atoms. The molecule has 4 heteroatoms. The van der Waals surface area contributed by atoms with E-state index in [4.69, 9.17) is 27.9 Å². The smallest absolute Gasteiger partial charge is 0.153 e. The van der Waals surface area contributed by atoms with Gasteiger partial charge in [0.2, 0.25) is 0 Å². The lowest BCUT2D eigenvalue weighted by atomic mass is 9.87. The van der Waals surface area contributed by atoms with Crippen molar-refractivity contribution < 1.29 is 9.53 Å².